The van der Waals surface area contributed by atoms with Crippen LogP contribution in [0.15, 0.2) is 17.0 Å². The lowest BCUT2D eigenvalue weighted by atomic mass is 10.1. The van der Waals surface area contributed by atoms with Gasteiger partial charge in [-0.3, -0.25) is 0 Å². The van der Waals surface area contributed by atoms with Gasteiger partial charge in [0.25, 0.3) is 0 Å². The maximum atomic E-state index is 5.92. The molecular formula is C13H21NO2S. The van der Waals surface area contributed by atoms with E-state index in [2.05, 4.69) is 6.92 Å². The van der Waals surface area contributed by atoms with Crippen LogP contribution in [0.2, 0.25) is 0 Å². The summed E-state index contributed by atoms with van der Waals surface area (Å²) in [6.07, 6.45) is 1.13. The van der Waals surface area contributed by atoms with Gasteiger partial charge in [0, 0.05) is 11.6 Å². The van der Waals surface area contributed by atoms with E-state index in [1.807, 2.05) is 19.1 Å². The summed E-state index contributed by atoms with van der Waals surface area (Å²) in [6.45, 7) is 4.10. The zero-order valence-electron chi connectivity index (χ0n) is 10.9. The Kier molecular flexibility index (Phi) is 5.65. The highest BCUT2D eigenvalue weighted by molar-refractivity contribution is 7.99. The molecule has 1 rings (SSSR count). The average Bonchev–Trinajstić information content (AvgIpc) is 2.34. The summed E-state index contributed by atoms with van der Waals surface area (Å²) in [6, 6.07) is 3.92. The Morgan fingerprint density at radius 3 is 2.35 bits per heavy atom. The third kappa shape index (κ3) is 3.54. The molecule has 0 saturated carbocycles. The number of ether oxygens (including phenoxy) is 2. The molecule has 1 aromatic rings. The standard InChI is InChI=1S/C13H21NO2S/c1-5-6-17-13-8-11(15-3)10(9(2)14)7-12(13)16-4/h7-9H,5-6,14H2,1-4H3. The summed E-state index contributed by atoms with van der Waals surface area (Å²) in [5.74, 6) is 2.77. The van der Waals surface area contributed by atoms with Crippen LogP contribution in [0.3, 0.4) is 0 Å². The molecule has 1 unspecified atom stereocenters. The molecule has 0 bridgehead atoms. The van der Waals surface area contributed by atoms with Crippen molar-refractivity contribution in [2.24, 2.45) is 5.73 Å². The minimum atomic E-state index is -0.0657. The monoisotopic (exact) mass is 255 g/mol. The Morgan fingerprint density at radius 1 is 1.24 bits per heavy atom. The number of rotatable bonds is 6. The van der Waals surface area contributed by atoms with Crippen molar-refractivity contribution in [2.75, 3.05) is 20.0 Å². The normalized spacial score (nSPS) is 12.3. The molecule has 0 spiro atoms. The van der Waals surface area contributed by atoms with Crippen molar-refractivity contribution >= 4 is 11.8 Å². The summed E-state index contributed by atoms with van der Waals surface area (Å²) >= 11 is 1.78. The molecular weight excluding hydrogens is 234 g/mol. The zero-order valence-corrected chi connectivity index (χ0v) is 11.8. The minimum Gasteiger partial charge on any atom is -0.496 e. The Labute approximate surface area is 108 Å². The van der Waals surface area contributed by atoms with Gasteiger partial charge < -0.3 is 15.2 Å². The molecule has 3 nitrogen and oxygen atoms in total. The van der Waals surface area contributed by atoms with E-state index in [9.17, 15) is 0 Å². The lowest BCUT2D eigenvalue weighted by Gasteiger charge is -2.16. The van der Waals surface area contributed by atoms with Gasteiger partial charge in [-0.15, -0.1) is 11.8 Å². The molecule has 0 aliphatic carbocycles. The first-order chi connectivity index (χ1) is 8.13. The van der Waals surface area contributed by atoms with Gasteiger partial charge in [0.05, 0.1) is 19.1 Å². The number of methoxy groups -OCH3 is 2. The highest BCUT2D eigenvalue weighted by Crippen LogP contribution is 2.37. The molecule has 0 aromatic heterocycles. The Morgan fingerprint density at radius 2 is 1.88 bits per heavy atom. The van der Waals surface area contributed by atoms with Crippen molar-refractivity contribution in [3.8, 4) is 11.5 Å². The maximum absolute atomic E-state index is 5.92. The van der Waals surface area contributed by atoms with E-state index in [1.54, 1.807) is 26.0 Å². The minimum absolute atomic E-state index is 0.0657. The van der Waals surface area contributed by atoms with E-state index >= 15 is 0 Å². The molecule has 0 amide bonds. The first-order valence-corrected chi connectivity index (χ1v) is 6.76. The van der Waals surface area contributed by atoms with Crippen molar-refractivity contribution < 1.29 is 9.47 Å². The van der Waals surface area contributed by atoms with Gasteiger partial charge in [-0.2, -0.15) is 0 Å². The fraction of sp³-hybridized carbons (Fsp3) is 0.538. The van der Waals surface area contributed by atoms with Gasteiger partial charge in [-0.25, -0.2) is 0 Å². The lowest BCUT2D eigenvalue weighted by Crippen LogP contribution is -2.07. The second-order valence-corrected chi connectivity index (χ2v) is 5.02. The highest BCUT2D eigenvalue weighted by Gasteiger charge is 2.13. The molecule has 17 heavy (non-hydrogen) atoms. The summed E-state index contributed by atoms with van der Waals surface area (Å²) in [5, 5.41) is 0. The highest BCUT2D eigenvalue weighted by atomic mass is 32.2. The van der Waals surface area contributed by atoms with E-state index < -0.39 is 0 Å². The molecule has 0 heterocycles. The van der Waals surface area contributed by atoms with Crippen LogP contribution in [-0.4, -0.2) is 20.0 Å². The van der Waals surface area contributed by atoms with Crippen LogP contribution in [0.25, 0.3) is 0 Å². The van der Waals surface area contributed by atoms with Gasteiger partial charge in [0.1, 0.15) is 11.5 Å². The van der Waals surface area contributed by atoms with Crippen LogP contribution in [-0.2, 0) is 0 Å². The second kappa shape index (κ2) is 6.77. The number of benzene rings is 1. The van der Waals surface area contributed by atoms with Crippen LogP contribution in [0.4, 0.5) is 0 Å². The molecule has 0 saturated heterocycles. The SMILES string of the molecule is CCCSc1cc(OC)c(C(C)N)cc1OC. The van der Waals surface area contributed by atoms with E-state index in [0.717, 1.165) is 34.1 Å². The van der Waals surface area contributed by atoms with Gasteiger partial charge in [-0.05, 0) is 31.2 Å². The molecule has 0 fully saturated rings. The van der Waals surface area contributed by atoms with Gasteiger partial charge in [-0.1, -0.05) is 6.92 Å². The van der Waals surface area contributed by atoms with E-state index in [4.69, 9.17) is 15.2 Å². The average molecular weight is 255 g/mol. The fourth-order valence-corrected chi connectivity index (χ4v) is 2.47. The molecule has 4 heteroatoms. The van der Waals surface area contributed by atoms with Crippen molar-refractivity contribution in [1.29, 1.82) is 0 Å². The van der Waals surface area contributed by atoms with E-state index in [-0.39, 0.29) is 6.04 Å². The number of hydrogen-bond donors (Lipinski definition) is 1. The smallest absolute Gasteiger partial charge is 0.133 e. The molecule has 96 valence electrons. The summed E-state index contributed by atoms with van der Waals surface area (Å²) in [4.78, 5) is 1.11. The first-order valence-electron chi connectivity index (χ1n) is 5.78. The van der Waals surface area contributed by atoms with Gasteiger partial charge in [0.2, 0.25) is 0 Å². The molecule has 0 aliphatic rings. The molecule has 0 radical (unpaired) electrons. The Bertz CT molecular complexity index is 367. The van der Waals surface area contributed by atoms with Crippen LogP contribution in [0, 0.1) is 0 Å². The van der Waals surface area contributed by atoms with E-state index in [0.29, 0.717) is 0 Å². The van der Waals surface area contributed by atoms with Gasteiger partial charge in [0.15, 0.2) is 0 Å². The molecule has 2 N–H and O–H groups in total. The molecule has 1 aromatic carbocycles. The topological polar surface area (TPSA) is 44.5 Å². The number of thioether (sulfide) groups is 1. The second-order valence-electron chi connectivity index (χ2n) is 3.88. The predicted octanol–water partition coefficient (Wildman–Crippen LogP) is 3.23. The van der Waals surface area contributed by atoms with Crippen LogP contribution < -0.4 is 15.2 Å². The van der Waals surface area contributed by atoms with Crippen LogP contribution >= 0.6 is 11.8 Å². The largest absolute Gasteiger partial charge is 0.496 e. The van der Waals surface area contributed by atoms with E-state index in [1.165, 1.54) is 0 Å². The van der Waals surface area contributed by atoms with Gasteiger partial charge >= 0.3 is 0 Å². The summed E-state index contributed by atoms with van der Waals surface area (Å²) in [7, 11) is 3.35. The number of nitrogens with two attached hydrogens (primary N) is 1. The third-order valence-corrected chi connectivity index (χ3v) is 3.71. The lowest BCUT2D eigenvalue weighted by molar-refractivity contribution is 0.388. The first kappa shape index (κ1) is 14.2. The predicted molar refractivity (Wildman–Crippen MR) is 73.2 cm³/mol. The zero-order chi connectivity index (χ0) is 12.8. The fourth-order valence-electron chi connectivity index (χ4n) is 1.57. The summed E-state index contributed by atoms with van der Waals surface area (Å²) < 4.78 is 10.8. The van der Waals surface area contributed by atoms with Crippen molar-refractivity contribution in [3.05, 3.63) is 17.7 Å². The van der Waals surface area contributed by atoms with Crippen LogP contribution in [0.5, 0.6) is 11.5 Å². The van der Waals surface area contributed by atoms with Crippen molar-refractivity contribution in [1.82, 2.24) is 0 Å². The quantitative estimate of drug-likeness (QED) is 0.793. The number of hydrogen-bond acceptors (Lipinski definition) is 4. The third-order valence-electron chi connectivity index (χ3n) is 2.47. The molecule has 0 aliphatic heterocycles. The Balaban J connectivity index is 3.13. The van der Waals surface area contributed by atoms with Crippen molar-refractivity contribution in [2.45, 2.75) is 31.2 Å². The Hall–Kier alpha value is -0.870. The van der Waals surface area contributed by atoms with Crippen molar-refractivity contribution in [3.63, 3.8) is 0 Å². The summed E-state index contributed by atoms with van der Waals surface area (Å²) in [5.41, 5.74) is 6.90. The maximum Gasteiger partial charge on any atom is 0.133 e. The van der Waals surface area contributed by atoms with Crippen LogP contribution in [0.1, 0.15) is 31.9 Å². The molecule has 1 atom stereocenters.